The molecule has 0 spiro atoms. The quantitative estimate of drug-likeness (QED) is 0.176. The van der Waals surface area contributed by atoms with Gasteiger partial charge in [-0.15, -0.1) is 0 Å². The summed E-state index contributed by atoms with van der Waals surface area (Å²) in [5.41, 5.74) is 11.5. The zero-order valence-electron chi connectivity index (χ0n) is 28.6. The van der Waals surface area contributed by atoms with Gasteiger partial charge < -0.3 is 4.57 Å². The van der Waals surface area contributed by atoms with Crippen LogP contribution < -0.4 is 0 Å². The smallest absolute Gasteiger partial charge is 0.164 e. The number of aromatic nitrogens is 5. The molecule has 0 saturated heterocycles. The van der Waals surface area contributed by atoms with Gasteiger partial charge in [0.2, 0.25) is 0 Å². The molecule has 53 heavy (non-hydrogen) atoms. The molecule has 10 rings (SSSR count). The first-order chi connectivity index (χ1) is 26.3. The van der Waals surface area contributed by atoms with E-state index in [1.165, 1.54) is 10.8 Å². The van der Waals surface area contributed by atoms with Gasteiger partial charge in [-0.25, -0.2) is 19.9 Å². The molecule has 248 valence electrons. The number of pyridine rings is 1. The molecule has 0 atom stereocenters. The Kier molecular flexibility index (Phi) is 7.40. The van der Waals surface area contributed by atoms with Crippen LogP contribution in [0.15, 0.2) is 188 Å². The largest absolute Gasteiger partial charge is 0.307 e. The molecule has 3 heterocycles. The van der Waals surface area contributed by atoms with Gasteiger partial charge in [-0.05, 0) is 35.4 Å². The van der Waals surface area contributed by atoms with Crippen LogP contribution in [0.25, 0.3) is 94.9 Å². The van der Waals surface area contributed by atoms with Crippen molar-refractivity contribution in [2.24, 2.45) is 0 Å². The summed E-state index contributed by atoms with van der Waals surface area (Å²) >= 11 is 0. The van der Waals surface area contributed by atoms with Crippen molar-refractivity contribution >= 4 is 32.7 Å². The maximum atomic E-state index is 5.26. The number of rotatable bonds is 6. The highest BCUT2D eigenvalue weighted by molar-refractivity contribution is 6.23. The SMILES string of the molecule is c1ccc(-c2nc(-c3ccccc3)nc(-c3ccc(-c4ccc(-n5c6ccccc6c6c7ccccc7nc(-c7ccccc7)c65)cc4)cc3)n2)cc1. The maximum absolute atomic E-state index is 5.26. The van der Waals surface area contributed by atoms with Crippen molar-refractivity contribution in [1.82, 2.24) is 24.5 Å². The van der Waals surface area contributed by atoms with Gasteiger partial charge >= 0.3 is 0 Å². The second-order valence-electron chi connectivity index (χ2n) is 13.1. The van der Waals surface area contributed by atoms with Crippen LogP contribution in [-0.4, -0.2) is 24.5 Å². The maximum Gasteiger partial charge on any atom is 0.164 e. The molecule has 0 unspecified atom stereocenters. The molecule has 0 radical (unpaired) electrons. The minimum absolute atomic E-state index is 0.640. The highest BCUT2D eigenvalue weighted by Gasteiger charge is 2.20. The predicted molar refractivity (Wildman–Crippen MR) is 217 cm³/mol. The van der Waals surface area contributed by atoms with E-state index >= 15 is 0 Å². The van der Waals surface area contributed by atoms with E-state index in [9.17, 15) is 0 Å². The van der Waals surface area contributed by atoms with E-state index in [1.807, 2.05) is 60.7 Å². The highest BCUT2D eigenvalue weighted by Crippen LogP contribution is 2.41. The molecule has 5 nitrogen and oxygen atoms in total. The standard InChI is InChI=1S/C48H31N5/c1-4-14-34(15-5-1)44-45-43(39-20-10-12-22-41(39)49-44)40-21-11-13-23-42(40)53(45)38-30-28-33(29-31-38)32-24-26-37(27-25-32)48-51-46(35-16-6-2-7-17-35)50-47(52-48)36-18-8-3-9-19-36/h1-31H. The lowest BCUT2D eigenvalue weighted by molar-refractivity contribution is 1.07. The normalized spacial score (nSPS) is 11.4. The number of hydrogen-bond donors (Lipinski definition) is 0. The highest BCUT2D eigenvalue weighted by atomic mass is 15.0. The lowest BCUT2D eigenvalue weighted by Crippen LogP contribution is -2.00. The Morgan fingerprint density at radius 3 is 1.34 bits per heavy atom. The first-order valence-electron chi connectivity index (χ1n) is 17.7. The lowest BCUT2D eigenvalue weighted by atomic mass is 10.0. The number of benzene rings is 7. The zero-order valence-corrected chi connectivity index (χ0v) is 28.6. The Morgan fingerprint density at radius 1 is 0.321 bits per heavy atom. The van der Waals surface area contributed by atoms with Crippen LogP contribution in [0.3, 0.4) is 0 Å². The molecule has 0 N–H and O–H groups in total. The average molecular weight is 678 g/mol. The topological polar surface area (TPSA) is 56.5 Å². The summed E-state index contributed by atoms with van der Waals surface area (Å²) in [6, 6.07) is 65.1. The summed E-state index contributed by atoms with van der Waals surface area (Å²) in [7, 11) is 0. The van der Waals surface area contributed by atoms with E-state index in [4.69, 9.17) is 19.9 Å². The lowest BCUT2D eigenvalue weighted by Gasteiger charge is -2.13. The van der Waals surface area contributed by atoms with Crippen LogP contribution in [0.5, 0.6) is 0 Å². The fraction of sp³-hybridized carbons (Fsp3) is 0. The van der Waals surface area contributed by atoms with Gasteiger partial charge in [-0.2, -0.15) is 0 Å². The van der Waals surface area contributed by atoms with Crippen molar-refractivity contribution in [3.05, 3.63) is 188 Å². The third-order valence-electron chi connectivity index (χ3n) is 9.85. The number of nitrogens with zero attached hydrogens (tertiary/aromatic N) is 5. The Bertz CT molecular complexity index is 2840. The molecule has 0 bridgehead atoms. The van der Waals surface area contributed by atoms with Crippen molar-refractivity contribution in [1.29, 1.82) is 0 Å². The van der Waals surface area contributed by atoms with Crippen molar-refractivity contribution in [3.63, 3.8) is 0 Å². The molecule has 7 aromatic carbocycles. The Morgan fingerprint density at radius 2 is 0.755 bits per heavy atom. The first kappa shape index (κ1) is 30.6. The fourth-order valence-electron chi connectivity index (χ4n) is 7.31. The number of para-hydroxylation sites is 2. The van der Waals surface area contributed by atoms with Crippen LogP contribution >= 0.6 is 0 Å². The molecular weight excluding hydrogens is 647 g/mol. The molecule has 0 aliphatic heterocycles. The van der Waals surface area contributed by atoms with Crippen LogP contribution in [0.4, 0.5) is 0 Å². The Balaban J connectivity index is 1.06. The summed E-state index contributed by atoms with van der Waals surface area (Å²) in [5, 5.41) is 3.58. The van der Waals surface area contributed by atoms with E-state index in [1.54, 1.807) is 0 Å². The molecule has 0 aliphatic carbocycles. The van der Waals surface area contributed by atoms with Crippen LogP contribution in [0.2, 0.25) is 0 Å². The van der Waals surface area contributed by atoms with Gasteiger partial charge in [0.25, 0.3) is 0 Å². The van der Waals surface area contributed by atoms with Crippen LogP contribution in [0, 0.1) is 0 Å². The second-order valence-corrected chi connectivity index (χ2v) is 13.1. The van der Waals surface area contributed by atoms with Crippen molar-refractivity contribution in [2.45, 2.75) is 0 Å². The molecular formula is C48H31N5. The first-order valence-corrected chi connectivity index (χ1v) is 17.7. The van der Waals surface area contributed by atoms with Crippen LogP contribution in [-0.2, 0) is 0 Å². The predicted octanol–water partition coefficient (Wildman–Crippen LogP) is 11.9. The molecule has 0 saturated carbocycles. The summed E-state index contributed by atoms with van der Waals surface area (Å²) in [6.07, 6.45) is 0. The minimum atomic E-state index is 0.640. The Labute approximate surface area is 306 Å². The summed E-state index contributed by atoms with van der Waals surface area (Å²) in [5.74, 6) is 1.94. The molecule has 0 aliphatic rings. The number of fused-ring (bicyclic) bond motifs is 5. The third kappa shape index (κ3) is 5.43. The van der Waals surface area contributed by atoms with E-state index in [2.05, 4.69) is 132 Å². The molecule has 0 fully saturated rings. The molecule has 0 amide bonds. The summed E-state index contributed by atoms with van der Waals surface area (Å²) in [6.45, 7) is 0. The zero-order chi connectivity index (χ0) is 35.1. The Hall–Kier alpha value is -7.24. The van der Waals surface area contributed by atoms with Gasteiger partial charge in [0.15, 0.2) is 17.5 Å². The number of hydrogen-bond acceptors (Lipinski definition) is 4. The average Bonchev–Trinajstić information content (AvgIpc) is 3.60. The van der Waals surface area contributed by atoms with Crippen molar-refractivity contribution < 1.29 is 0 Å². The summed E-state index contributed by atoms with van der Waals surface area (Å²) in [4.78, 5) is 19.9. The second kappa shape index (κ2) is 12.8. The van der Waals surface area contributed by atoms with Gasteiger partial charge in [-0.1, -0.05) is 164 Å². The third-order valence-corrected chi connectivity index (χ3v) is 9.85. The van der Waals surface area contributed by atoms with E-state index in [0.29, 0.717) is 17.5 Å². The monoisotopic (exact) mass is 677 g/mol. The molecule has 5 heteroatoms. The van der Waals surface area contributed by atoms with E-state index in [0.717, 1.165) is 66.7 Å². The molecule has 10 aromatic rings. The summed E-state index contributed by atoms with van der Waals surface area (Å²) < 4.78 is 2.37. The minimum Gasteiger partial charge on any atom is -0.307 e. The van der Waals surface area contributed by atoms with E-state index in [-0.39, 0.29) is 0 Å². The van der Waals surface area contributed by atoms with Crippen LogP contribution in [0.1, 0.15) is 0 Å². The molecule has 3 aromatic heterocycles. The van der Waals surface area contributed by atoms with Gasteiger partial charge in [0.05, 0.1) is 22.2 Å². The van der Waals surface area contributed by atoms with Gasteiger partial charge in [0.1, 0.15) is 0 Å². The van der Waals surface area contributed by atoms with Crippen molar-refractivity contribution in [2.75, 3.05) is 0 Å². The van der Waals surface area contributed by atoms with Gasteiger partial charge in [0, 0.05) is 44.1 Å². The van der Waals surface area contributed by atoms with E-state index < -0.39 is 0 Å². The van der Waals surface area contributed by atoms with Crippen molar-refractivity contribution in [3.8, 4) is 62.2 Å². The fourth-order valence-corrected chi connectivity index (χ4v) is 7.31. The van der Waals surface area contributed by atoms with Gasteiger partial charge in [-0.3, -0.25) is 0 Å².